The quantitative estimate of drug-likeness (QED) is 0.595. The Balaban J connectivity index is 0.000000606. The fraction of sp³-hybridized carbons (Fsp3) is 0.538. The van der Waals surface area contributed by atoms with E-state index in [1.807, 2.05) is 18.2 Å². The van der Waals surface area contributed by atoms with E-state index in [0.29, 0.717) is 6.10 Å². The van der Waals surface area contributed by atoms with Crippen molar-refractivity contribution in [3.63, 3.8) is 0 Å². The number of benzene rings is 1. The van der Waals surface area contributed by atoms with Gasteiger partial charge in [0.1, 0.15) is 0 Å². The second kappa shape index (κ2) is 9.33. The summed E-state index contributed by atoms with van der Waals surface area (Å²) in [5.74, 6) is 0. The molecule has 0 spiro atoms. The van der Waals surface area contributed by atoms with Crippen LogP contribution in [0.5, 0.6) is 0 Å². The van der Waals surface area contributed by atoms with E-state index in [1.165, 1.54) is 48.4 Å². The van der Waals surface area contributed by atoms with Crippen LogP contribution in [-0.4, -0.2) is 6.10 Å². The Labute approximate surface area is 115 Å². The Morgan fingerprint density at radius 1 is 1.25 bits per heavy atom. The summed E-state index contributed by atoms with van der Waals surface area (Å²) >= 11 is 4.25. The Morgan fingerprint density at radius 3 is 2.62 bits per heavy atom. The molecule has 1 aromatic carbocycles. The zero-order chi connectivity index (χ0) is 11.6. The Morgan fingerprint density at radius 2 is 2.00 bits per heavy atom. The third-order valence-electron chi connectivity index (χ3n) is 2.80. The van der Waals surface area contributed by atoms with Crippen LogP contribution in [0, 0.1) is 6.07 Å². The average Bonchev–Trinajstić information content (AvgIpc) is 2.41. The molecule has 1 aromatic rings. The molecule has 2 rings (SSSR count). The van der Waals surface area contributed by atoms with Crippen molar-refractivity contribution in [2.45, 2.75) is 44.8 Å². The Kier molecular flexibility index (Phi) is 8.36. The molecular formula is C13H17BrOZn. The maximum absolute atomic E-state index is 5.84. The maximum Gasteiger partial charge on any atom is 0.0578 e. The van der Waals surface area contributed by atoms with Crippen molar-refractivity contribution in [2.75, 3.05) is 0 Å². The van der Waals surface area contributed by atoms with Crippen LogP contribution in [0.2, 0.25) is 0 Å². The third-order valence-corrected chi connectivity index (χ3v) is 2.80. The van der Waals surface area contributed by atoms with E-state index >= 15 is 0 Å². The zero-order valence-electron chi connectivity index (χ0n) is 9.62. The second-order valence-electron chi connectivity index (χ2n) is 3.96. The molecule has 0 aliphatic heterocycles. The molecule has 16 heavy (non-hydrogen) atoms. The van der Waals surface area contributed by atoms with Crippen molar-refractivity contribution < 1.29 is 21.1 Å². The SMILES string of the molecule is [Zn+][Br].[c-]1ccccc1COC1CCCCC1. The first kappa shape index (κ1) is 14.3. The zero-order valence-corrected chi connectivity index (χ0v) is 14.2. The van der Waals surface area contributed by atoms with E-state index in [0.717, 1.165) is 12.2 Å². The predicted molar refractivity (Wildman–Crippen MR) is 65.9 cm³/mol. The predicted octanol–water partition coefficient (Wildman–Crippen LogP) is 4.18. The summed E-state index contributed by atoms with van der Waals surface area (Å²) in [6.45, 7) is 0.728. The van der Waals surface area contributed by atoms with Crippen LogP contribution in [0.15, 0.2) is 24.3 Å². The molecular weight excluding hydrogens is 317 g/mol. The van der Waals surface area contributed by atoms with Crippen LogP contribution in [0.3, 0.4) is 0 Å². The minimum atomic E-state index is 0.498. The van der Waals surface area contributed by atoms with Crippen LogP contribution in [-0.2, 0) is 27.7 Å². The number of ether oxygens (including phenoxy) is 1. The maximum atomic E-state index is 5.84. The Hall–Kier alpha value is 0.283. The van der Waals surface area contributed by atoms with Gasteiger partial charge in [-0.05, 0) is 12.8 Å². The second-order valence-corrected chi connectivity index (χ2v) is 3.96. The first-order valence-electron chi connectivity index (χ1n) is 5.79. The van der Waals surface area contributed by atoms with Gasteiger partial charge in [-0.15, -0.1) is 5.56 Å². The van der Waals surface area contributed by atoms with Gasteiger partial charge in [-0.2, -0.15) is 30.3 Å². The summed E-state index contributed by atoms with van der Waals surface area (Å²) in [6.07, 6.45) is 7.04. The van der Waals surface area contributed by atoms with Crippen LogP contribution < -0.4 is 0 Å². The average molecular weight is 335 g/mol. The van der Waals surface area contributed by atoms with Gasteiger partial charge in [0.25, 0.3) is 0 Å². The van der Waals surface area contributed by atoms with Crippen molar-refractivity contribution >= 4 is 13.6 Å². The molecule has 0 N–H and O–H groups in total. The van der Waals surface area contributed by atoms with Crippen molar-refractivity contribution in [3.05, 3.63) is 35.9 Å². The summed E-state index contributed by atoms with van der Waals surface area (Å²) in [4.78, 5) is 0. The van der Waals surface area contributed by atoms with E-state index in [-0.39, 0.29) is 0 Å². The molecule has 1 aliphatic rings. The molecule has 0 heterocycles. The van der Waals surface area contributed by atoms with Gasteiger partial charge in [-0.1, -0.05) is 19.3 Å². The van der Waals surface area contributed by atoms with E-state index in [4.69, 9.17) is 4.74 Å². The molecule has 1 fully saturated rings. The van der Waals surface area contributed by atoms with Crippen LogP contribution in [0.1, 0.15) is 37.7 Å². The first-order valence-corrected chi connectivity index (χ1v) is 12.7. The van der Waals surface area contributed by atoms with Gasteiger partial charge in [0.15, 0.2) is 0 Å². The molecule has 3 heteroatoms. The molecule has 1 aliphatic carbocycles. The first-order chi connectivity index (χ1) is 7.95. The molecule has 0 atom stereocenters. The van der Waals surface area contributed by atoms with Crippen molar-refractivity contribution in [3.8, 4) is 0 Å². The van der Waals surface area contributed by atoms with Crippen molar-refractivity contribution in [1.82, 2.24) is 0 Å². The van der Waals surface area contributed by atoms with Gasteiger partial charge < -0.3 is 4.74 Å². The Bertz CT molecular complexity index is 260. The van der Waals surface area contributed by atoms with Gasteiger partial charge in [-0.25, -0.2) is 0 Å². The summed E-state index contributed by atoms with van der Waals surface area (Å²) in [7, 11) is 0. The third kappa shape index (κ3) is 5.56. The molecule has 0 aromatic heterocycles. The van der Waals surface area contributed by atoms with Crippen LogP contribution in [0.25, 0.3) is 0 Å². The molecule has 1 nitrogen and oxygen atoms in total. The number of rotatable bonds is 3. The van der Waals surface area contributed by atoms with Crippen molar-refractivity contribution in [1.29, 1.82) is 0 Å². The van der Waals surface area contributed by atoms with Crippen LogP contribution >= 0.6 is 13.6 Å². The summed E-state index contributed by atoms with van der Waals surface area (Å²) < 4.78 is 5.84. The topological polar surface area (TPSA) is 9.23 Å². The number of halogens is 1. The van der Waals surface area contributed by atoms with Crippen LogP contribution in [0.4, 0.5) is 0 Å². The molecule has 0 unspecified atom stereocenters. The molecule has 0 amide bonds. The normalized spacial score (nSPS) is 16.4. The minimum Gasteiger partial charge on any atom is -0.376 e. The van der Waals surface area contributed by atoms with E-state index in [2.05, 4.69) is 25.8 Å². The molecule has 0 bridgehead atoms. The van der Waals surface area contributed by atoms with E-state index in [1.54, 1.807) is 0 Å². The monoisotopic (exact) mass is 332 g/mol. The van der Waals surface area contributed by atoms with Gasteiger partial charge >= 0.3 is 30.0 Å². The number of hydrogen-bond donors (Lipinski definition) is 0. The fourth-order valence-corrected chi connectivity index (χ4v) is 1.96. The van der Waals surface area contributed by atoms with Gasteiger partial charge in [0, 0.05) is 6.61 Å². The summed E-state index contributed by atoms with van der Waals surface area (Å²) in [5.41, 5.74) is 1.16. The van der Waals surface area contributed by atoms with Gasteiger partial charge in [0.05, 0.1) is 6.10 Å². The molecule has 0 radical (unpaired) electrons. The molecule has 0 saturated heterocycles. The molecule has 1 saturated carbocycles. The summed E-state index contributed by atoms with van der Waals surface area (Å²) in [6, 6.07) is 11.2. The standard InChI is InChI=1S/C13H17O.BrH.Zn/c1-3-7-12(8-4-1)11-14-13-9-5-2-6-10-13;;/h1,3-4,7,13H,2,5-6,9-11H2;1H;/q-1;;+2/p-1. The van der Waals surface area contributed by atoms with Gasteiger partial charge in [0.2, 0.25) is 0 Å². The smallest absolute Gasteiger partial charge is 0.0578 e. The van der Waals surface area contributed by atoms with Crippen molar-refractivity contribution in [2.24, 2.45) is 0 Å². The van der Waals surface area contributed by atoms with Gasteiger partial charge in [-0.3, -0.25) is 0 Å². The fourth-order valence-electron chi connectivity index (χ4n) is 1.96. The largest absolute Gasteiger partial charge is 0.376 e. The number of hydrogen-bond acceptors (Lipinski definition) is 1. The molecule has 84 valence electrons. The van der Waals surface area contributed by atoms with E-state index < -0.39 is 0 Å². The van der Waals surface area contributed by atoms with E-state index in [9.17, 15) is 0 Å². The minimum absolute atomic E-state index is 0.498. The summed E-state index contributed by atoms with van der Waals surface area (Å²) in [5, 5.41) is 0.